The van der Waals surface area contributed by atoms with Crippen LogP contribution in [-0.2, 0) is 14.3 Å². The van der Waals surface area contributed by atoms with Gasteiger partial charge in [-0.1, -0.05) is 0 Å². The molecule has 0 aromatic heterocycles. The molecule has 0 bridgehead atoms. The molecule has 1 atom stereocenters. The minimum Gasteiger partial charge on any atom is -0.460 e. The van der Waals surface area contributed by atoms with Gasteiger partial charge < -0.3 is 9.84 Å². The molecule has 5 heteroatoms. The number of ketones is 1. The SMILES string of the molecule is CC(C)(C)OC(=O)CC(O)CC(=O)CC#N. The van der Waals surface area contributed by atoms with Gasteiger partial charge in [-0.25, -0.2) is 0 Å². The average molecular weight is 227 g/mol. The summed E-state index contributed by atoms with van der Waals surface area (Å²) < 4.78 is 4.97. The highest BCUT2D eigenvalue weighted by Gasteiger charge is 2.20. The van der Waals surface area contributed by atoms with Crippen molar-refractivity contribution < 1.29 is 19.4 Å². The van der Waals surface area contributed by atoms with E-state index in [2.05, 4.69) is 0 Å². The molecular weight excluding hydrogens is 210 g/mol. The lowest BCUT2D eigenvalue weighted by atomic mass is 10.1. The molecule has 1 N–H and O–H groups in total. The number of nitrogens with zero attached hydrogens (tertiary/aromatic N) is 1. The van der Waals surface area contributed by atoms with E-state index >= 15 is 0 Å². The van der Waals surface area contributed by atoms with Crippen molar-refractivity contribution in [2.45, 2.75) is 51.7 Å². The Morgan fingerprint density at radius 3 is 2.38 bits per heavy atom. The number of nitriles is 1. The molecule has 0 aromatic rings. The van der Waals surface area contributed by atoms with Gasteiger partial charge in [0.1, 0.15) is 11.4 Å². The fourth-order valence-electron chi connectivity index (χ4n) is 1.07. The number of aliphatic hydroxyl groups excluding tert-OH is 1. The van der Waals surface area contributed by atoms with E-state index in [1.807, 2.05) is 0 Å². The molecule has 0 radical (unpaired) electrons. The van der Waals surface area contributed by atoms with Crippen LogP contribution in [0.1, 0.15) is 40.0 Å². The predicted octanol–water partition coefficient (Wildman–Crippen LogP) is 0.952. The summed E-state index contributed by atoms with van der Waals surface area (Å²) in [4.78, 5) is 22.2. The summed E-state index contributed by atoms with van der Waals surface area (Å²) in [5.41, 5.74) is -0.604. The molecule has 0 saturated carbocycles. The lowest BCUT2D eigenvalue weighted by Gasteiger charge is -2.20. The van der Waals surface area contributed by atoms with Crippen LogP contribution in [0.2, 0.25) is 0 Å². The molecule has 5 nitrogen and oxygen atoms in total. The standard InChI is InChI=1S/C11H17NO4/c1-11(2,3)16-10(15)7-9(14)6-8(13)4-5-12/h9,14H,4,6-7H2,1-3H3. The Labute approximate surface area is 95.0 Å². The molecule has 0 aromatic carbocycles. The maximum absolute atomic E-state index is 11.2. The number of carbonyl (C=O) groups is 2. The van der Waals surface area contributed by atoms with Crippen molar-refractivity contribution in [3.05, 3.63) is 0 Å². The van der Waals surface area contributed by atoms with Crippen LogP contribution in [0, 0.1) is 11.3 Å². The maximum atomic E-state index is 11.2. The normalized spacial score (nSPS) is 12.7. The van der Waals surface area contributed by atoms with Crippen molar-refractivity contribution in [3.63, 3.8) is 0 Å². The summed E-state index contributed by atoms with van der Waals surface area (Å²) in [7, 11) is 0. The summed E-state index contributed by atoms with van der Waals surface area (Å²) in [6.45, 7) is 5.16. The first-order chi connectivity index (χ1) is 7.24. The first kappa shape index (κ1) is 14.6. The lowest BCUT2D eigenvalue weighted by molar-refractivity contribution is -0.157. The van der Waals surface area contributed by atoms with E-state index in [9.17, 15) is 14.7 Å². The zero-order valence-corrected chi connectivity index (χ0v) is 9.82. The van der Waals surface area contributed by atoms with Crippen LogP contribution in [0.15, 0.2) is 0 Å². The molecule has 0 aliphatic rings. The van der Waals surface area contributed by atoms with Crippen LogP contribution in [0.5, 0.6) is 0 Å². The van der Waals surface area contributed by atoms with Gasteiger partial charge in [0.05, 0.1) is 25.0 Å². The van der Waals surface area contributed by atoms with Gasteiger partial charge >= 0.3 is 5.97 Å². The molecular formula is C11H17NO4. The van der Waals surface area contributed by atoms with E-state index in [0.29, 0.717) is 0 Å². The summed E-state index contributed by atoms with van der Waals surface area (Å²) >= 11 is 0. The molecule has 0 aliphatic carbocycles. The molecule has 0 amide bonds. The Morgan fingerprint density at radius 1 is 1.38 bits per heavy atom. The van der Waals surface area contributed by atoms with Gasteiger partial charge in [-0.2, -0.15) is 5.26 Å². The van der Waals surface area contributed by atoms with E-state index in [-0.39, 0.29) is 25.0 Å². The van der Waals surface area contributed by atoms with Gasteiger partial charge in [0.15, 0.2) is 0 Å². The van der Waals surface area contributed by atoms with Crippen molar-refractivity contribution in [1.82, 2.24) is 0 Å². The van der Waals surface area contributed by atoms with Crippen LogP contribution in [0.25, 0.3) is 0 Å². The van der Waals surface area contributed by atoms with E-state index in [0.717, 1.165) is 0 Å². The average Bonchev–Trinajstić information content (AvgIpc) is 1.98. The van der Waals surface area contributed by atoms with Gasteiger partial charge in [0.2, 0.25) is 0 Å². The molecule has 0 fully saturated rings. The third kappa shape index (κ3) is 7.94. The molecule has 0 spiro atoms. The molecule has 0 aliphatic heterocycles. The summed E-state index contributed by atoms with van der Waals surface area (Å²) in [5, 5.41) is 17.6. The molecule has 0 heterocycles. The highest BCUT2D eigenvalue weighted by molar-refractivity contribution is 5.81. The van der Waals surface area contributed by atoms with Gasteiger partial charge in [-0.15, -0.1) is 0 Å². The van der Waals surface area contributed by atoms with E-state index in [1.165, 1.54) is 0 Å². The number of hydrogen-bond donors (Lipinski definition) is 1. The Morgan fingerprint density at radius 2 is 1.94 bits per heavy atom. The number of aliphatic hydroxyl groups is 1. The Bertz CT molecular complexity index is 298. The topological polar surface area (TPSA) is 87.4 Å². The number of hydrogen-bond acceptors (Lipinski definition) is 5. The van der Waals surface area contributed by atoms with Gasteiger partial charge in [-0.3, -0.25) is 9.59 Å². The zero-order valence-electron chi connectivity index (χ0n) is 9.82. The van der Waals surface area contributed by atoms with Crippen molar-refractivity contribution in [2.24, 2.45) is 0 Å². The second-order valence-corrected chi connectivity index (χ2v) is 4.52. The monoisotopic (exact) mass is 227 g/mol. The van der Waals surface area contributed by atoms with Gasteiger partial charge in [0, 0.05) is 6.42 Å². The van der Waals surface area contributed by atoms with Gasteiger partial charge in [0.25, 0.3) is 0 Å². The minimum atomic E-state index is -1.07. The third-order valence-electron chi connectivity index (χ3n) is 1.56. The molecule has 0 rings (SSSR count). The van der Waals surface area contributed by atoms with Crippen LogP contribution in [0.4, 0.5) is 0 Å². The Balaban J connectivity index is 3.97. The highest BCUT2D eigenvalue weighted by atomic mass is 16.6. The van der Waals surface area contributed by atoms with Crippen LogP contribution in [-0.4, -0.2) is 28.6 Å². The first-order valence-electron chi connectivity index (χ1n) is 5.03. The van der Waals surface area contributed by atoms with Crippen LogP contribution in [0.3, 0.4) is 0 Å². The number of Topliss-reactive ketones (excluding diaryl/α,β-unsaturated/α-hetero) is 1. The van der Waals surface area contributed by atoms with Crippen molar-refractivity contribution in [1.29, 1.82) is 5.26 Å². The minimum absolute atomic E-state index is 0.188. The maximum Gasteiger partial charge on any atom is 0.308 e. The highest BCUT2D eigenvalue weighted by Crippen LogP contribution is 2.10. The quantitative estimate of drug-likeness (QED) is 0.706. The first-order valence-corrected chi connectivity index (χ1v) is 5.03. The summed E-state index contributed by atoms with van der Waals surface area (Å²) in [6.07, 6.45) is -1.73. The number of rotatable bonds is 5. The molecule has 90 valence electrons. The second kappa shape index (κ2) is 6.23. The second-order valence-electron chi connectivity index (χ2n) is 4.52. The van der Waals surface area contributed by atoms with E-state index in [1.54, 1.807) is 26.8 Å². The van der Waals surface area contributed by atoms with Gasteiger partial charge in [-0.05, 0) is 20.8 Å². The van der Waals surface area contributed by atoms with Crippen LogP contribution < -0.4 is 0 Å². The van der Waals surface area contributed by atoms with E-state index < -0.39 is 17.7 Å². The van der Waals surface area contributed by atoms with Crippen molar-refractivity contribution >= 4 is 11.8 Å². The molecule has 16 heavy (non-hydrogen) atoms. The smallest absolute Gasteiger partial charge is 0.308 e. The van der Waals surface area contributed by atoms with E-state index in [4.69, 9.17) is 10.00 Å². The lowest BCUT2D eigenvalue weighted by Crippen LogP contribution is -2.27. The fraction of sp³-hybridized carbons (Fsp3) is 0.727. The number of ether oxygens (including phenoxy) is 1. The predicted molar refractivity (Wildman–Crippen MR) is 56.3 cm³/mol. The number of carbonyl (C=O) groups excluding carboxylic acids is 2. The molecule has 0 saturated heterocycles. The zero-order chi connectivity index (χ0) is 12.8. The largest absolute Gasteiger partial charge is 0.460 e. The Hall–Kier alpha value is -1.41. The fourth-order valence-corrected chi connectivity index (χ4v) is 1.07. The number of esters is 1. The molecule has 1 unspecified atom stereocenters. The van der Waals surface area contributed by atoms with Crippen molar-refractivity contribution in [3.8, 4) is 6.07 Å². The third-order valence-corrected chi connectivity index (χ3v) is 1.56. The Kier molecular flexibility index (Phi) is 5.68. The van der Waals surface area contributed by atoms with Crippen molar-refractivity contribution in [2.75, 3.05) is 0 Å². The van der Waals surface area contributed by atoms with Crippen LogP contribution >= 0.6 is 0 Å². The summed E-state index contributed by atoms with van der Waals surface area (Å²) in [6, 6.07) is 1.69. The summed E-state index contributed by atoms with van der Waals surface area (Å²) in [5.74, 6) is -0.927.